The first-order valence-corrected chi connectivity index (χ1v) is 7.83. The molecule has 0 heterocycles. The Balaban J connectivity index is 2.04. The maximum Gasteiger partial charge on any atom is 0.248 e. The minimum atomic E-state index is -0.328. The third-order valence-corrected chi connectivity index (χ3v) is 3.45. The molecule has 2 amide bonds. The highest BCUT2D eigenvalue weighted by Gasteiger charge is 2.06. The summed E-state index contributed by atoms with van der Waals surface area (Å²) in [6.45, 7) is 2.13. The van der Waals surface area contributed by atoms with E-state index in [-0.39, 0.29) is 30.6 Å². The molecule has 0 radical (unpaired) electrons. The number of hydrogen-bond donors (Lipinski definition) is 3. The first kappa shape index (κ1) is 18.4. The smallest absolute Gasteiger partial charge is 0.248 e. The molecule has 4 N–H and O–H groups in total. The fraction of sp³-hybridized carbons (Fsp3) is 0.158. The van der Waals surface area contributed by atoms with E-state index in [4.69, 9.17) is 5.73 Å². The van der Waals surface area contributed by atoms with Crippen LogP contribution in [0.25, 0.3) is 6.08 Å². The van der Waals surface area contributed by atoms with Crippen LogP contribution >= 0.6 is 0 Å². The Hall–Kier alpha value is -2.99. The lowest BCUT2D eigenvalue weighted by Gasteiger charge is -2.10. The van der Waals surface area contributed by atoms with Crippen molar-refractivity contribution in [3.05, 3.63) is 65.5 Å². The van der Waals surface area contributed by atoms with E-state index in [2.05, 4.69) is 10.6 Å². The van der Waals surface area contributed by atoms with Crippen molar-refractivity contribution >= 4 is 29.3 Å². The van der Waals surface area contributed by atoms with Crippen molar-refractivity contribution in [3.63, 3.8) is 0 Å². The van der Waals surface area contributed by atoms with Gasteiger partial charge in [-0.15, -0.1) is 0 Å². The van der Waals surface area contributed by atoms with Gasteiger partial charge in [0.2, 0.25) is 11.8 Å². The topological polar surface area (TPSA) is 84.2 Å². The summed E-state index contributed by atoms with van der Waals surface area (Å²) in [6.07, 6.45) is 3.19. The normalized spacial score (nSPS) is 10.7. The number of carbonyl (C=O) groups excluding carboxylic acids is 2. The number of anilines is 2. The number of carbonyl (C=O) groups is 2. The molecule has 0 fully saturated rings. The maximum absolute atomic E-state index is 12.9. The van der Waals surface area contributed by atoms with E-state index >= 15 is 0 Å². The molecule has 0 bridgehead atoms. The van der Waals surface area contributed by atoms with E-state index in [1.807, 2.05) is 6.92 Å². The van der Waals surface area contributed by atoms with Crippen LogP contribution in [0, 0.1) is 12.7 Å². The molecule has 0 saturated heterocycles. The molecule has 0 unspecified atom stereocenters. The number of aryl methyl sites for hydroxylation is 1. The molecule has 0 saturated carbocycles. The molecule has 130 valence electrons. The molecule has 2 rings (SSSR count). The quantitative estimate of drug-likeness (QED) is 0.706. The van der Waals surface area contributed by atoms with E-state index in [0.717, 1.165) is 11.1 Å². The van der Waals surface area contributed by atoms with Gasteiger partial charge in [0.05, 0.1) is 0 Å². The molecule has 0 atom stereocenters. The van der Waals surface area contributed by atoms with Gasteiger partial charge in [-0.25, -0.2) is 4.39 Å². The van der Waals surface area contributed by atoms with Crippen LogP contribution in [0.5, 0.6) is 0 Å². The van der Waals surface area contributed by atoms with E-state index in [1.54, 1.807) is 36.4 Å². The third-order valence-electron chi connectivity index (χ3n) is 3.45. The molecule has 6 heteroatoms. The first-order chi connectivity index (χ1) is 12.0. The highest BCUT2D eigenvalue weighted by molar-refractivity contribution is 6.03. The van der Waals surface area contributed by atoms with Crippen molar-refractivity contribution in [2.24, 2.45) is 5.73 Å². The van der Waals surface area contributed by atoms with Crippen molar-refractivity contribution in [2.75, 3.05) is 17.2 Å². The molecule has 25 heavy (non-hydrogen) atoms. The second kappa shape index (κ2) is 8.75. The van der Waals surface area contributed by atoms with Crippen molar-refractivity contribution in [1.29, 1.82) is 0 Å². The SMILES string of the molecule is Cc1ccc(NC(=O)CCN)cc1NC(=O)/C=C/c1ccc(F)cc1. The zero-order valence-corrected chi connectivity index (χ0v) is 13.9. The third kappa shape index (κ3) is 5.86. The molecular weight excluding hydrogens is 321 g/mol. The lowest BCUT2D eigenvalue weighted by atomic mass is 10.1. The van der Waals surface area contributed by atoms with E-state index in [0.29, 0.717) is 11.4 Å². The summed E-state index contributed by atoms with van der Waals surface area (Å²) in [5, 5.41) is 5.48. The molecule has 2 aromatic carbocycles. The highest BCUT2D eigenvalue weighted by atomic mass is 19.1. The molecule has 0 aliphatic rings. The predicted octanol–water partition coefficient (Wildman–Crippen LogP) is 3.07. The summed E-state index contributed by atoms with van der Waals surface area (Å²) in [7, 11) is 0. The number of nitrogens with two attached hydrogens (primary N) is 1. The Morgan fingerprint density at radius 3 is 2.52 bits per heavy atom. The van der Waals surface area contributed by atoms with Gasteiger partial charge in [-0.3, -0.25) is 9.59 Å². The number of hydrogen-bond acceptors (Lipinski definition) is 3. The Kier molecular flexibility index (Phi) is 6.42. The molecule has 2 aromatic rings. The number of nitrogens with one attached hydrogen (secondary N) is 2. The van der Waals surface area contributed by atoms with E-state index < -0.39 is 0 Å². The van der Waals surface area contributed by atoms with Crippen molar-refractivity contribution in [2.45, 2.75) is 13.3 Å². The highest BCUT2D eigenvalue weighted by Crippen LogP contribution is 2.20. The number of halogens is 1. The van der Waals surface area contributed by atoms with E-state index in [9.17, 15) is 14.0 Å². The van der Waals surface area contributed by atoms with Gasteiger partial charge >= 0.3 is 0 Å². The standard InChI is InChI=1S/C19H20FN3O2/c1-13-2-8-16(22-19(25)10-11-21)12-17(13)23-18(24)9-5-14-3-6-15(20)7-4-14/h2-9,12H,10-11,21H2,1H3,(H,22,25)(H,23,24)/b9-5+. The lowest BCUT2D eigenvalue weighted by Crippen LogP contribution is -2.16. The number of benzene rings is 2. The van der Waals surface area contributed by atoms with Crippen LogP contribution in [-0.2, 0) is 9.59 Å². The maximum atomic E-state index is 12.9. The Bertz CT molecular complexity index is 786. The van der Waals surface area contributed by atoms with Crippen LogP contribution < -0.4 is 16.4 Å². The summed E-state index contributed by atoms with van der Waals surface area (Å²) in [6, 6.07) is 11.1. The second-order valence-electron chi connectivity index (χ2n) is 5.49. The lowest BCUT2D eigenvalue weighted by molar-refractivity contribution is -0.116. The van der Waals surface area contributed by atoms with Gasteiger partial charge in [0.25, 0.3) is 0 Å². The summed E-state index contributed by atoms with van der Waals surface area (Å²) in [5.41, 5.74) is 8.11. The molecule has 0 aliphatic carbocycles. The average Bonchev–Trinajstić information content (AvgIpc) is 2.57. The van der Waals surface area contributed by atoms with Gasteiger partial charge in [-0.1, -0.05) is 18.2 Å². The van der Waals surface area contributed by atoms with Crippen LogP contribution in [0.1, 0.15) is 17.5 Å². The van der Waals surface area contributed by atoms with Gasteiger partial charge in [-0.2, -0.15) is 0 Å². The van der Waals surface area contributed by atoms with Crippen molar-refractivity contribution < 1.29 is 14.0 Å². The summed E-state index contributed by atoms with van der Waals surface area (Å²) >= 11 is 0. The molecule has 0 spiro atoms. The van der Waals surface area contributed by atoms with Crippen LogP contribution in [0.2, 0.25) is 0 Å². The minimum Gasteiger partial charge on any atom is -0.330 e. The monoisotopic (exact) mass is 341 g/mol. The van der Waals surface area contributed by atoms with Crippen LogP contribution in [0.15, 0.2) is 48.5 Å². The Labute approximate surface area is 145 Å². The van der Waals surface area contributed by atoms with Crippen molar-refractivity contribution in [3.8, 4) is 0 Å². The second-order valence-corrected chi connectivity index (χ2v) is 5.49. The number of rotatable bonds is 6. The summed E-state index contributed by atoms with van der Waals surface area (Å²) in [4.78, 5) is 23.7. The van der Waals surface area contributed by atoms with Crippen molar-refractivity contribution in [1.82, 2.24) is 0 Å². The van der Waals surface area contributed by atoms with Gasteiger partial charge in [0.1, 0.15) is 5.82 Å². The molecule has 5 nitrogen and oxygen atoms in total. The zero-order chi connectivity index (χ0) is 18.2. The predicted molar refractivity (Wildman–Crippen MR) is 97.5 cm³/mol. The Morgan fingerprint density at radius 2 is 1.84 bits per heavy atom. The fourth-order valence-corrected chi connectivity index (χ4v) is 2.11. The molecule has 0 aliphatic heterocycles. The van der Waals surface area contributed by atoms with Gasteiger partial charge in [0.15, 0.2) is 0 Å². The first-order valence-electron chi connectivity index (χ1n) is 7.83. The summed E-state index contributed by atoms with van der Waals surface area (Å²) in [5.74, 6) is -0.830. The number of amides is 2. The largest absolute Gasteiger partial charge is 0.330 e. The molecular formula is C19H20FN3O2. The van der Waals surface area contributed by atoms with Crippen LogP contribution in [0.4, 0.5) is 15.8 Å². The van der Waals surface area contributed by atoms with E-state index in [1.165, 1.54) is 18.2 Å². The van der Waals surface area contributed by atoms with Gasteiger partial charge < -0.3 is 16.4 Å². The average molecular weight is 341 g/mol. The van der Waals surface area contributed by atoms with Crippen LogP contribution in [-0.4, -0.2) is 18.4 Å². The molecule has 0 aromatic heterocycles. The van der Waals surface area contributed by atoms with Crippen LogP contribution in [0.3, 0.4) is 0 Å². The van der Waals surface area contributed by atoms with Gasteiger partial charge in [-0.05, 0) is 48.4 Å². The Morgan fingerprint density at radius 1 is 1.12 bits per heavy atom. The fourth-order valence-electron chi connectivity index (χ4n) is 2.11. The van der Waals surface area contributed by atoms with Gasteiger partial charge in [0, 0.05) is 30.4 Å². The summed E-state index contributed by atoms with van der Waals surface area (Å²) < 4.78 is 12.9. The minimum absolute atomic E-state index is 0.181. The zero-order valence-electron chi connectivity index (χ0n) is 13.9.